The third-order valence-corrected chi connectivity index (χ3v) is 6.03. The quantitative estimate of drug-likeness (QED) is 0.509. The Hall–Kier alpha value is -2.99. The average Bonchev–Trinajstić information content (AvgIpc) is 3.38. The topological polar surface area (TPSA) is 70.9 Å². The van der Waals surface area contributed by atoms with Crippen LogP contribution >= 0.6 is 0 Å². The van der Waals surface area contributed by atoms with Gasteiger partial charge in [-0.15, -0.1) is 0 Å². The summed E-state index contributed by atoms with van der Waals surface area (Å²) in [6.45, 7) is 4.01. The third-order valence-electron chi connectivity index (χ3n) is 6.03. The van der Waals surface area contributed by atoms with Crippen LogP contribution in [0.1, 0.15) is 45.5 Å². The highest BCUT2D eigenvalue weighted by Gasteiger charge is 2.42. The summed E-state index contributed by atoms with van der Waals surface area (Å²) in [6, 6.07) is 15.4. The number of nitrogens with zero attached hydrogens (tertiary/aromatic N) is 1. The van der Waals surface area contributed by atoms with E-state index < -0.39 is 17.9 Å². The lowest BCUT2D eigenvalue weighted by Crippen LogP contribution is -3.10. The molecular weight excluding hydrogens is 378 g/mol. The van der Waals surface area contributed by atoms with Crippen LogP contribution in [0, 0.1) is 0 Å². The second-order valence-corrected chi connectivity index (χ2v) is 8.08. The molecule has 2 N–H and O–H groups in total. The third kappa shape index (κ3) is 4.28. The van der Waals surface area contributed by atoms with Gasteiger partial charge in [-0.25, -0.2) is 0 Å². The molecule has 0 aromatic heterocycles. The van der Waals surface area contributed by atoms with Crippen molar-refractivity contribution in [2.75, 3.05) is 26.2 Å². The Morgan fingerprint density at radius 1 is 0.933 bits per heavy atom. The number of hydrogen-bond acceptors (Lipinski definition) is 3. The lowest BCUT2D eigenvalue weighted by Gasteiger charge is -2.25. The SMILES string of the molecule is O=C(NCCC[NH+]1CCCC1)[C@H](Cc1ccccc1)N1C(=O)c2ccccc2C1=O. The molecule has 30 heavy (non-hydrogen) atoms. The summed E-state index contributed by atoms with van der Waals surface area (Å²) in [5.74, 6) is -1.06. The molecule has 1 fully saturated rings. The van der Waals surface area contributed by atoms with Gasteiger partial charge in [-0.05, 0) is 17.7 Å². The molecule has 6 nitrogen and oxygen atoms in total. The lowest BCUT2D eigenvalue weighted by molar-refractivity contribution is -0.887. The van der Waals surface area contributed by atoms with E-state index in [0.717, 1.165) is 23.4 Å². The monoisotopic (exact) mass is 406 g/mol. The summed E-state index contributed by atoms with van der Waals surface area (Å²) in [5.41, 5.74) is 1.65. The molecule has 0 spiro atoms. The number of rotatable bonds is 8. The summed E-state index contributed by atoms with van der Waals surface area (Å²) in [4.78, 5) is 41.8. The highest BCUT2D eigenvalue weighted by molar-refractivity contribution is 6.22. The van der Waals surface area contributed by atoms with E-state index in [1.165, 1.54) is 25.9 Å². The first-order valence-corrected chi connectivity index (χ1v) is 10.8. The molecule has 156 valence electrons. The van der Waals surface area contributed by atoms with E-state index in [1.807, 2.05) is 30.3 Å². The molecule has 2 aromatic rings. The van der Waals surface area contributed by atoms with E-state index in [4.69, 9.17) is 0 Å². The van der Waals surface area contributed by atoms with Crippen LogP contribution in [0.15, 0.2) is 54.6 Å². The molecule has 6 heteroatoms. The number of fused-ring (bicyclic) bond motifs is 1. The van der Waals surface area contributed by atoms with Crippen LogP contribution in [0.5, 0.6) is 0 Å². The summed E-state index contributed by atoms with van der Waals surface area (Å²) < 4.78 is 0. The number of hydrogen-bond donors (Lipinski definition) is 2. The molecule has 1 atom stereocenters. The van der Waals surface area contributed by atoms with Crippen molar-refractivity contribution in [2.24, 2.45) is 0 Å². The van der Waals surface area contributed by atoms with Gasteiger partial charge in [0, 0.05) is 32.2 Å². The second kappa shape index (κ2) is 9.22. The number of likely N-dealkylation sites (tertiary alicyclic amines) is 1. The van der Waals surface area contributed by atoms with Crippen LogP contribution in [0.3, 0.4) is 0 Å². The molecule has 2 heterocycles. The standard InChI is InChI=1S/C24H27N3O3/c28-22(25-13-8-16-26-14-6-7-15-26)21(17-18-9-2-1-3-10-18)27-23(29)19-11-4-5-12-20(19)24(27)30/h1-5,9-12,21H,6-8,13-17H2,(H,25,28)/p+1/t21-/m0/s1. The highest BCUT2D eigenvalue weighted by Crippen LogP contribution is 2.26. The summed E-state index contributed by atoms with van der Waals surface area (Å²) in [5, 5.41) is 2.97. The van der Waals surface area contributed by atoms with Gasteiger partial charge in [0.1, 0.15) is 6.04 Å². The fourth-order valence-corrected chi connectivity index (χ4v) is 4.42. The molecule has 0 aliphatic carbocycles. The Bertz CT molecular complexity index is 887. The Morgan fingerprint density at radius 2 is 1.53 bits per heavy atom. The van der Waals surface area contributed by atoms with Crippen molar-refractivity contribution in [1.29, 1.82) is 0 Å². The molecule has 0 radical (unpaired) electrons. The normalized spacial score (nSPS) is 17.3. The maximum atomic E-state index is 13.1. The molecule has 2 aliphatic heterocycles. The number of amides is 3. The zero-order valence-corrected chi connectivity index (χ0v) is 17.1. The first kappa shape index (κ1) is 20.3. The van der Waals surface area contributed by atoms with Gasteiger partial charge in [0.25, 0.3) is 11.8 Å². The van der Waals surface area contributed by atoms with E-state index in [1.54, 1.807) is 29.2 Å². The van der Waals surface area contributed by atoms with Crippen LogP contribution in [-0.2, 0) is 11.2 Å². The van der Waals surface area contributed by atoms with Crippen LogP contribution in [0.4, 0.5) is 0 Å². The molecule has 4 rings (SSSR count). The summed E-state index contributed by atoms with van der Waals surface area (Å²) in [6.07, 6.45) is 3.75. The van der Waals surface area contributed by atoms with Crippen molar-refractivity contribution in [1.82, 2.24) is 10.2 Å². The minimum Gasteiger partial charge on any atom is -0.354 e. The van der Waals surface area contributed by atoms with Gasteiger partial charge in [0.15, 0.2) is 0 Å². The van der Waals surface area contributed by atoms with E-state index in [0.29, 0.717) is 24.1 Å². The van der Waals surface area contributed by atoms with Crippen molar-refractivity contribution >= 4 is 17.7 Å². The van der Waals surface area contributed by atoms with Crippen molar-refractivity contribution in [3.05, 3.63) is 71.3 Å². The smallest absolute Gasteiger partial charge is 0.262 e. The van der Waals surface area contributed by atoms with Gasteiger partial charge in [0.2, 0.25) is 5.91 Å². The average molecular weight is 407 g/mol. The van der Waals surface area contributed by atoms with Crippen molar-refractivity contribution in [3.8, 4) is 0 Å². The first-order valence-electron chi connectivity index (χ1n) is 10.8. The predicted octanol–water partition coefficient (Wildman–Crippen LogP) is 1.08. The van der Waals surface area contributed by atoms with Crippen molar-refractivity contribution in [3.63, 3.8) is 0 Å². The Kier molecular flexibility index (Phi) is 6.23. The summed E-state index contributed by atoms with van der Waals surface area (Å²) >= 11 is 0. The van der Waals surface area contributed by atoms with Crippen LogP contribution in [0.25, 0.3) is 0 Å². The van der Waals surface area contributed by atoms with Gasteiger partial charge < -0.3 is 10.2 Å². The molecule has 0 saturated carbocycles. The number of imide groups is 1. The van der Waals surface area contributed by atoms with E-state index in [2.05, 4.69) is 5.32 Å². The molecule has 3 amide bonds. The zero-order chi connectivity index (χ0) is 20.9. The molecule has 2 aliphatic rings. The molecule has 2 aromatic carbocycles. The van der Waals surface area contributed by atoms with Crippen LogP contribution in [0.2, 0.25) is 0 Å². The van der Waals surface area contributed by atoms with Crippen molar-refractivity contribution < 1.29 is 19.3 Å². The van der Waals surface area contributed by atoms with E-state index in [-0.39, 0.29) is 5.91 Å². The fraction of sp³-hybridized carbons (Fsp3) is 0.375. The van der Waals surface area contributed by atoms with Crippen LogP contribution < -0.4 is 10.2 Å². The van der Waals surface area contributed by atoms with Crippen molar-refractivity contribution in [2.45, 2.75) is 31.7 Å². The number of quaternary nitrogens is 1. The zero-order valence-electron chi connectivity index (χ0n) is 17.1. The number of benzene rings is 2. The maximum Gasteiger partial charge on any atom is 0.262 e. The Labute approximate surface area is 176 Å². The fourth-order valence-electron chi connectivity index (χ4n) is 4.42. The van der Waals surface area contributed by atoms with Gasteiger partial charge in [-0.3, -0.25) is 19.3 Å². The number of carbonyl (C=O) groups excluding carboxylic acids is 3. The van der Waals surface area contributed by atoms with Gasteiger partial charge >= 0.3 is 0 Å². The van der Waals surface area contributed by atoms with Gasteiger partial charge in [-0.2, -0.15) is 0 Å². The molecule has 0 bridgehead atoms. The minimum atomic E-state index is -0.862. The lowest BCUT2D eigenvalue weighted by atomic mass is 10.0. The Balaban J connectivity index is 1.47. The maximum absolute atomic E-state index is 13.1. The molecule has 1 saturated heterocycles. The van der Waals surface area contributed by atoms with Gasteiger partial charge in [0.05, 0.1) is 30.8 Å². The number of nitrogens with one attached hydrogen (secondary N) is 2. The molecule has 0 unspecified atom stereocenters. The first-order chi connectivity index (χ1) is 14.6. The predicted molar refractivity (Wildman–Crippen MR) is 113 cm³/mol. The largest absolute Gasteiger partial charge is 0.354 e. The van der Waals surface area contributed by atoms with E-state index in [9.17, 15) is 14.4 Å². The van der Waals surface area contributed by atoms with E-state index >= 15 is 0 Å². The molecular formula is C24H28N3O3+. The Morgan fingerprint density at radius 3 is 2.17 bits per heavy atom. The van der Waals surface area contributed by atoms with Gasteiger partial charge in [-0.1, -0.05) is 42.5 Å². The minimum absolute atomic E-state index is 0.273. The highest BCUT2D eigenvalue weighted by atomic mass is 16.2. The number of carbonyl (C=O) groups is 3. The van der Waals surface area contributed by atoms with Crippen LogP contribution in [-0.4, -0.2) is 54.8 Å². The second-order valence-electron chi connectivity index (χ2n) is 8.08. The summed E-state index contributed by atoms with van der Waals surface area (Å²) in [7, 11) is 0.